The monoisotopic (exact) mass is 823 g/mol. The van der Waals surface area contributed by atoms with E-state index >= 15 is 0 Å². The number of rotatable bonds is 42. The van der Waals surface area contributed by atoms with Crippen molar-refractivity contribution in [1.82, 2.24) is 0 Å². The summed E-state index contributed by atoms with van der Waals surface area (Å²) in [5, 5.41) is 0. The third-order valence-electron chi connectivity index (χ3n) is 9.60. The first-order chi connectivity index (χ1) is 27.6. The summed E-state index contributed by atoms with van der Waals surface area (Å²) in [6.07, 6.45) is 51.3. The molecule has 0 bridgehead atoms. The number of likely N-dealkylation sites (N-methyl/N-ethyl adjacent to an activating group) is 1. The summed E-state index contributed by atoms with van der Waals surface area (Å²) >= 11 is 0. The van der Waals surface area contributed by atoms with Gasteiger partial charge in [0.1, 0.15) is 19.3 Å². The van der Waals surface area contributed by atoms with E-state index in [4.69, 9.17) is 18.5 Å². The van der Waals surface area contributed by atoms with E-state index in [1.807, 2.05) is 33.3 Å². The van der Waals surface area contributed by atoms with Gasteiger partial charge in [-0.05, 0) is 51.4 Å². The molecule has 1 N–H and O–H groups in total. The van der Waals surface area contributed by atoms with Gasteiger partial charge in [0.2, 0.25) is 0 Å². The summed E-state index contributed by atoms with van der Waals surface area (Å²) in [5.41, 5.74) is 0. The SMILES string of the molecule is CCCCC/C=C\C/C=C\C/C=C\C/C=C\C/C=C\CCC(=O)O[C@H](COCCCCCCCCCCCCCCCCCC)COP(=O)(O)OCC[N+](C)(C)C. The van der Waals surface area contributed by atoms with Gasteiger partial charge in [0.05, 0.1) is 34.4 Å². The summed E-state index contributed by atoms with van der Waals surface area (Å²) in [7, 11) is 1.62. The van der Waals surface area contributed by atoms with Crippen molar-refractivity contribution in [3.63, 3.8) is 0 Å². The Morgan fingerprint density at radius 2 is 0.965 bits per heavy atom. The maximum absolute atomic E-state index is 12.7. The fourth-order valence-corrected chi connectivity index (χ4v) is 6.75. The van der Waals surface area contributed by atoms with Gasteiger partial charge in [-0.25, -0.2) is 4.57 Å². The molecule has 0 heterocycles. The lowest BCUT2D eigenvalue weighted by molar-refractivity contribution is -0.870. The molecule has 0 fully saturated rings. The van der Waals surface area contributed by atoms with Crippen LogP contribution in [0.3, 0.4) is 0 Å². The van der Waals surface area contributed by atoms with Crippen LogP contribution < -0.4 is 0 Å². The standard InChI is InChI=1S/C48H88NO7P/c1-6-8-10-12-14-16-18-20-22-24-25-26-27-29-31-33-35-37-39-41-48(50)56-47(46-55-57(51,52)54-44-42-49(3,4)5)45-53-43-40-38-36-34-32-30-28-23-21-19-17-15-13-11-9-7-2/h14,16,20,22,25-26,29,31,35,37,47H,6-13,15,17-19,21,23-24,27-28,30,32-34,36,38-46H2,1-5H3/p+1/b16-14-,22-20-,26-25-,31-29-,37-35-/t47-/m1/s1. The Labute approximate surface area is 351 Å². The van der Waals surface area contributed by atoms with Crippen LogP contribution in [0.15, 0.2) is 60.8 Å². The van der Waals surface area contributed by atoms with Gasteiger partial charge in [-0.15, -0.1) is 0 Å². The molecule has 0 amide bonds. The fourth-order valence-electron chi connectivity index (χ4n) is 6.01. The van der Waals surface area contributed by atoms with Gasteiger partial charge in [0.15, 0.2) is 0 Å². The molecule has 0 radical (unpaired) electrons. The minimum Gasteiger partial charge on any atom is -0.457 e. The number of phosphoric acid groups is 1. The van der Waals surface area contributed by atoms with E-state index in [-0.39, 0.29) is 26.2 Å². The quantitative estimate of drug-likeness (QED) is 0.0215. The Morgan fingerprint density at radius 3 is 1.44 bits per heavy atom. The third kappa shape index (κ3) is 45.1. The molecule has 57 heavy (non-hydrogen) atoms. The highest BCUT2D eigenvalue weighted by Gasteiger charge is 2.26. The van der Waals surface area contributed by atoms with Gasteiger partial charge in [-0.1, -0.05) is 184 Å². The number of allylic oxidation sites excluding steroid dienone is 10. The van der Waals surface area contributed by atoms with E-state index in [2.05, 4.69) is 62.5 Å². The molecule has 0 aromatic carbocycles. The molecule has 0 saturated heterocycles. The number of hydrogen-bond acceptors (Lipinski definition) is 6. The Kier molecular flexibility index (Phi) is 39.7. The van der Waals surface area contributed by atoms with Gasteiger partial charge in [-0.2, -0.15) is 0 Å². The predicted octanol–water partition coefficient (Wildman–Crippen LogP) is 13.7. The Bertz CT molecular complexity index is 1090. The zero-order valence-electron chi connectivity index (χ0n) is 37.6. The smallest absolute Gasteiger partial charge is 0.457 e. The molecule has 0 aliphatic carbocycles. The van der Waals surface area contributed by atoms with Crippen molar-refractivity contribution < 1.29 is 37.3 Å². The summed E-state index contributed by atoms with van der Waals surface area (Å²) in [6.45, 7) is 5.50. The molecule has 0 aliphatic heterocycles. The molecule has 0 aromatic rings. The molecule has 8 nitrogen and oxygen atoms in total. The molecule has 9 heteroatoms. The van der Waals surface area contributed by atoms with E-state index in [9.17, 15) is 14.3 Å². The van der Waals surface area contributed by atoms with Crippen molar-refractivity contribution in [2.75, 3.05) is 54.1 Å². The summed E-state index contributed by atoms with van der Waals surface area (Å²) in [5.74, 6) is -0.393. The van der Waals surface area contributed by atoms with Crippen molar-refractivity contribution in [2.24, 2.45) is 0 Å². The van der Waals surface area contributed by atoms with E-state index in [1.54, 1.807) is 0 Å². The van der Waals surface area contributed by atoms with Crippen LogP contribution in [0.4, 0.5) is 0 Å². The van der Waals surface area contributed by atoms with Gasteiger partial charge >= 0.3 is 13.8 Å². The number of ether oxygens (including phenoxy) is 2. The molecule has 332 valence electrons. The second kappa shape index (κ2) is 41.0. The van der Waals surface area contributed by atoms with Crippen LogP contribution in [0.2, 0.25) is 0 Å². The Hall–Kier alpha value is -1.80. The summed E-state index contributed by atoms with van der Waals surface area (Å²) in [6, 6.07) is 0. The van der Waals surface area contributed by atoms with Crippen LogP contribution in [0.1, 0.15) is 181 Å². The summed E-state index contributed by atoms with van der Waals surface area (Å²) in [4.78, 5) is 22.9. The van der Waals surface area contributed by atoms with E-state index in [0.29, 0.717) is 24.1 Å². The summed E-state index contributed by atoms with van der Waals surface area (Å²) < 4.78 is 34.9. The maximum atomic E-state index is 12.7. The number of unbranched alkanes of at least 4 members (excludes halogenated alkanes) is 18. The van der Waals surface area contributed by atoms with Gasteiger partial charge in [0.25, 0.3) is 0 Å². The van der Waals surface area contributed by atoms with Crippen LogP contribution in [0.5, 0.6) is 0 Å². The highest BCUT2D eigenvalue weighted by molar-refractivity contribution is 7.47. The third-order valence-corrected chi connectivity index (χ3v) is 10.6. The molecular weight excluding hydrogens is 734 g/mol. The van der Waals surface area contributed by atoms with Crippen LogP contribution in [0, 0.1) is 0 Å². The first-order valence-corrected chi connectivity index (χ1v) is 24.5. The number of quaternary nitrogens is 1. The largest absolute Gasteiger partial charge is 0.472 e. The van der Waals surface area contributed by atoms with Gasteiger partial charge in [-0.3, -0.25) is 13.8 Å². The van der Waals surface area contributed by atoms with Crippen molar-refractivity contribution in [1.29, 1.82) is 0 Å². The minimum absolute atomic E-state index is 0.0743. The highest BCUT2D eigenvalue weighted by atomic mass is 31.2. The molecule has 0 spiro atoms. The molecule has 0 rings (SSSR count). The molecule has 0 aromatic heterocycles. The average molecular weight is 823 g/mol. The zero-order chi connectivity index (χ0) is 42.0. The number of esters is 1. The van der Waals surface area contributed by atoms with E-state index < -0.39 is 19.9 Å². The molecular formula is C48H89NO7P+. The Balaban J connectivity index is 4.34. The molecule has 0 aliphatic rings. The van der Waals surface area contributed by atoms with E-state index in [1.165, 1.54) is 116 Å². The average Bonchev–Trinajstić information content (AvgIpc) is 3.16. The van der Waals surface area contributed by atoms with Crippen LogP contribution in [-0.4, -0.2) is 75.6 Å². The second-order valence-electron chi connectivity index (χ2n) is 16.4. The number of nitrogens with zero attached hydrogens (tertiary/aromatic N) is 1. The Morgan fingerprint density at radius 1 is 0.544 bits per heavy atom. The lowest BCUT2D eigenvalue weighted by Gasteiger charge is -2.24. The highest BCUT2D eigenvalue weighted by Crippen LogP contribution is 2.43. The van der Waals surface area contributed by atoms with Gasteiger partial charge in [0, 0.05) is 13.0 Å². The lowest BCUT2D eigenvalue weighted by atomic mass is 10.0. The van der Waals surface area contributed by atoms with Crippen LogP contribution in [0.25, 0.3) is 0 Å². The number of carbonyl (C=O) groups excluding carboxylic acids is 1. The van der Waals surface area contributed by atoms with Crippen LogP contribution >= 0.6 is 7.82 Å². The van der Waals surface area contributed by atoms with Crippen molar-refractivity contribution in [2.45, 2.75) is 187 Å². The topological polar surface area (TPSA) is 91.3 Å². The zero-order valence-corrected chi connectivity index (χ0v) is 38.5. The minimum atomic E-state index is -4.30. The first kappa shape index (κ1) is 55.2. The normalized spacial score (nSPS) is 14.3. The van der Waals surface area contributed by atoms with E-state index in [0.717, 1.165) is 38.5 Å². The molecule has 0 saturated carbocycles. The van der Waals surface area contributed by atoms with Crippen LogP contribution in [-0.2, 0) is 27.9 Å². The lowest BCUT2D eigenvalue weighted by Crippen LogP contribution is -2.37. The van der Waals surface area contributed by atoms with Crippen molar-refractivity contribution in [3.8, 4) is 0 Å². The van der Waals surface area contributed by atoms with Gasteiger partial charge < -0.3 is 18.9 Å². The maximum Gasteiger partial charge on any atom is 0.472 e. The first-order valence-electron chi connectivity index (χ1n) is 23.0. The molecule has 1 unspecified atom stereocenters. The number of hydrogen-bond donors (Lipinski definition) is 1. The van der Waals surface area contributed by atoms with Crippen molar-refractivity contribution in [3.05, 3.63) is 60.8 Å². The number of carbonyl (C=O) groups is 1. The fraction of sp³-hybridized carbons (Fsp3) is 0.771. The number of phosphoric ester groups is 1. The predicted molar refractivity (Wildman–Crippen MR) is 242 cm³/mol. The second-order valence-corrected chi connectivity index (χ2v) is 17.9. The molecule has 2 atom stereocenters. The van der Waals surface area contributed by atoms with Crippen molar-refractivity contribution >= 4 is 13.8 Å².